The minimum atomic E-state index is -0.336. The Bertz CT molecular complexity index is 28.5. The largest absolute Gasteiger partial charge is 0.382 e. The van der Waals surface area contributed by atoms with Crippen molar-refractivity contribution in [2.24, 2.45) is 5.92 Å². The van der Waals surface area contributed by atoms with Gasteiger partial charge in [0.15, 0.2) is 0 Å². The van der Waals surface area contributed by atoms with E-state index in [1.807, 2.05) is 13.8 Å². The highest BCUT2D eigenvalue weighted by Gasteiger charge is 1.99. The molecule has 0 aromatic carbocycles. The lowest BCUT2D eigenvalue weighted by Gasteiger charge is -2.02. The molecule has 1 N–H and O–H groups in total. The third-order valence-electron chi connectivity index (χ3n) is 0.550. The lowest BCUT2D eigenvalue weighted by atomic mass is 10.2. The van der Waals surface area contributed by atoms with Crippen molar-refractivity contribution in [3.05, 3.63) is 0 Å². The van der Waals surface area contributed by atoms with E-state index >= 15 is 0 Å². The summed E-state index contributed by atoms with van der Waals surface area (Å²) in [5, 5.41) is 8.21. The van der Waals surface area contributed by atoms with Gasteiger partial charge in [0.25, 0.3) is 0 Å². The van der Waals surface area contributed by atoms with Gasteiger partial charge in [-0.1, -0.05) is 29.8 Å². The maximum Gasteiger partial charge on any atom is 0.111 e. The van der Waals surface area contributed by atoms with Crippen molar-refractivity contribution in [3.8, 4) is 0 Å². The minimum Gasteiger partial charge on any atom is -0.382 e. The number of aliphatic hydroxyl groups is 1. The molecule has 0 fully saturated rings. The molecular weight excluding hydrogens is 144 g/mol. The van der Waals surface area contributed by atoms with E-state index in [4.69, 9.17) is 5.11 Å². The van der Waals surface area contributed by atoms with Crippen LogP contribution in [0.15, 0.2) is 0 Å². The first-order valence-corrected chi connectivity index (χ1v) is 2.88. The fraction of sp³-hybridized carbons (Fsp3) is 1.00. The molecule has 1 nitrogen and oxygen atoms in total. The Labute approximate surface area is 46.5 Å². The van der Waals surface area contributed by atoms with Crippen molar-refractivity contribution < 1.29 is 5.11 Å². The molecule has 0 aliphatic rings. The van der Waals surface area contributed by atoms with Crippen LogP contribution in [0.3, 0.4) is 0 Å². The van der Waals surface area contributed by atoms with Crippen molar-refractivity contribution in [3.63, 3.8) is 0 Å². The molecule has 0 bridgehead atoms. The molecule has 1 atom stereocenters. The van der Waals surface area contributed by atoms with Crippen LogP contribution in [0.4, 0.5) is 0 Å². The van der Waals surface area contributed by atoms with Crippen LogP contribution in [0.1, 0.15) is 13.8 Å². The Morgan fingerprint density at radius 2 is 1.67 bits per heavy atom. The minimum absolute atomic E-state index is 0.324. The summed E-state index contributed by atoms with van der Waals surface area (Å²) in [7, 11) is 0. The number of halogens is 1. The van der Waals surface area contributed by atoms with Gasteiger partial charge in [-0.3, -0.25) is 0 Å². The second kappa shape index (κ2) is 2.59. The van der Waals surface area contributed by atoms with Gasteiger partial charge in [-0.05, 0) is 5.92 Å². The molecule has 0 aliphatic carbocycles. The number of hydrogen-bond acceptors (Lipinski definition) is 1. The molecule has 1 unspecified atom stereocenters. The summed E-state index contributed by atoms with van der Waals surface area (Å²) in [5.41, 5.74) is 0. The highest BCUT2D eigenvalue weighted by atomic mass is 79.9. The molecule has 6 heavy (non-hydrogen) atoms. The Morgan fingerprint density at radius 3 is 1.67 bits per heavy atom. The van der Waals surface area contributed by atoms with Crippen LogP contribution >= 0.6 is 15.9 Å². The standard InChI is InChI=1S/C4H9BrO/c1-3(2)4(5)6/h3-4,6H,1-2H3. The summed E-state index contributed by atoms with van der Waals surface area (Å²) in [6.45, 7) is 3.89. The Morgan fingerprint density at radius 1 is 1.50 bits per heavy atom. The maximum absolute atomic E-state index is 8.55. The number of alkyl halides is 1. The highest BCUT2D eigenvalue weighted by molar-refractivity contribution is 9.09. The van der Waals surface area contributed by atoms with E-state index in [1.165, 1.54) is 0 Å². The molecule has 0 rings (SSSR count). The molecule has 0 aromatic heterocycles. The van der Waals surface area contributed by atoms with Gasteiger partial charge in [0.1, 0.15) is 5.01 Å². The summed E-state index contributed by atoms with van der Waals surface area (Å²) in [6.07, 6.45) is 0. The van der Waals surface area contributed by atoms with Crippen molar-refractivity contribution in [2.75, 3.05) is 0 Å². The van der Waals surface area contributed by atoms with Crippen LogP contribution in [-0.2, 0) is 0 Å². The first kappa shape index (κ1) is 6.44. The maximum atomic E-state index is 8.55. The second-order valence-corrected chi connectivity index (χ2v) is 2.55. The normalized spacial score (nSPS) is 15.5. The summed E-state index contributed by atoms with van der Waals surface area (Å²) in [6, 6.07) is 0. The summed E-state index contributed by atoms with van der Waals surface area (Å²) >= 11 is 2.99. The summed E-state index contributed by atoms with van der Waals surface area (Å²) in [5.74, 6) is 0.324. The summed E-state index contributed by atoms with van der Waals surface area (Å²) < 4.78 is 0. The fourth-order valence-electron chi connectivity index (χ4n) is 0. The number of rotatable bonds is 1. The van der Waals surface area contributed by atoms with Crippen LogP contribution in [0.2, 0.25) is 0 Å². The van der Waals surface area contributed by atoms with Crippen LogP contribution < -0.4 is 0 Å². The quantitative estimate of drug-likeness (QED) is 0.563. The average molecular weight is 153 g/mol. The van der Waals surface area contributed by atoms with Gasteiger partial charge in [-0.2, -0.15) is 0 Å². The molecule has 0 saturated carbocycles. The Balaban J connectivity index is 2.99. The zero-order chi connectivity index (χ0) is 5.15. The van der Waals surface area contributed by atoms with E-state index in [0.29, 0.717) is 5.92 Å². The third-order valence-corrected chi connectivity index (χ3v) is 1.61. The fourth-order valence-corrected chi connectivity index (χ4v) is 0. The van der Waals surface area contributed by atoms with Gasteiger partial charge >= 0.3 is 0 Å². The molecular formula is C4H9BrO. The molecule has 0 aromatic rings. The molecule has 0 heterocycles. The smallest absolute Gasteiger partial charge is 0.111 e. The van der Waals surface area contributed by atoms with Crippen LogP contribution in [0.25, 0.3) is 0 Å². The topological polar surface area (TPSA) is 20.2 Å². The van der Waals surface area contributed by atoms with Crippen molar-refractivity contribution in [1.82, 2.24) is 0 Å². The lowest BCUT2D eigenvalue weighted by Crippen LogP contribution is -2.03. The van der Waals surface area contributed by atoms with E-state index < -0.39 is 0 Å². The van der Waals surface area contributed by atoms with E-state index in [0.717, 1.165) is 0 Å². The molecule has 0 spiro atoms. The predicted molar refractivity (Wildman–Crippen MR) is 29.8 cm³/mol. The zero-order valence-corrected chi connectivity index (χ0v) is 5.57. The first-order valence-electron chi connectivity index (χ1n) is 1.96. The van der Waals surface area contributed by atoms with Gasteiger partial charge < -0.3 is 5.11 Å². The average Bonchev–Trinajstić information content (AvgIpc) is 1.36. The monoisotopic (exact) mass is 152 g/mol. The van der Waals surface area contributed by atoms with Crippen LogP contribution in [0.5, 0.6) is 0 Å². The summed E-state index contributed by atoms with van der Waals surface area (Å²) in [4.78, 5) is 0. The van der Waals surface area contributed by atoms with Crippen molar-refractivity contribution >= 4 is 15.9 Å². The van der Waals surface area contributed by atoms with Gasteiger partial charge in [0.05, 0.1) is 0 Å². The van der Waals surface area contributed by atoms with Crippen LogP contribution in [-0.4, -0.2) is 10.1 Å². The second-order valence-electron chi connectivity index (χ2n) is 1.62. The van der Waals surface area contributed by atoms with Crippen molar-refractivity contribution in [1.29, 1.82) is 0 Å². The molecule has 0 saturated heterocycles. The lowest BCUT2D eigenvalue weighted by molar-refractivity contribution is 0.219. The molecule has 0 radical (unpaired) electrons. The molecule has 0 amide bonds. The molecule has 38 valence electrons. The van der Waals surface area contributed by atoms with E-state index in [9.17, 15) is 0 Å². The predicted octanol–water partition coefficient (Wildman–Crippen LogP) is 1.36. The Hall–Kier alpha value is 0.440. The number of aliphatic hydroxyl groups excluding tert-OH is 1. The first-order chi connectivity index (χ1) is 2.64. The third kappa shape index (κ3) is 2.67. The SMILES string of the molecule is CC(C)C(O)Br. The number of hydrogen-bond donors (Lipinski definition) is 1. The highest BCUT2D eigenvalue weighted by Crippen LogP contribution is 2.05. The van der Waals surface area contributed by atoms with Gasteiger partial charge in [0, 0.05) is 0 Å². The van der Waals surface area contributed by atoms with E-state index in [1.54, 1.807) is 0 Å². The molecule has 2 heteroatoms. The zero-order valence-electron chi connectivity index (χ0n) is 3.98. The van der Waals surface area contributed by atoms with Gasteiger partial charge in [-0.15, -0.1) is 0 Å². The van der Waals surface area contributed by atoms with Crippen molar-refractivity contribution in [2.45, 2.75) is 18.9 Å². The molecule has 0 aliphatic heterocycles. The van der Waals surface area contributed by atoms with E-state index in [-0.39, 0.29) is 5.01 Å². The Kier molecular flexibility index (Phi) is 2.78. The van der Waals surface area contributed by atoms with Gasteiger partial charge in [0.2, 0.25) is 0 Å². The van der Waals surface area contributed by atoms with E-state index in [2.05, 4.69) is 15.9 Å². The van der Waals surface area contributed by atoms with Crippen LogP contribution in [0, 0.1) is 5.92 Å². The van der Waals surface area contributed by atoms with Gasteiger partial charge in [-0.25, -0.2) is 0 Å².